The van der Waals surface area contributed by atoms with Gasteiger partial charge in [-0.3, -0.25) is 4.79 Å². The Morgan fingerprint density at radius 3 is 2.59 bits per heavy atom. The minimum Gasteiger partial charge on any atom is -0.480 e. The lowest BCUT2D eigenvalue weighted by Gasteiger charge is -2.20. The van der Waals surface area contributed by atoms with E-state index in [1.54, 1.807) is 0 Å². The van der Waals surface area contributed by atoms with Crippen molar-refractivity contribution in [1.82, 2.24) is 0 Å². The molecular weight excluding hydrogens is 244 g/mol. The van der Waals surface area contributed by atoms with E-state index in [9.17, 15) is 4.79 Å². The first-order valence-electron chi connectivity index (χ1n) is 4.91. The second kappa shape index (κ2) is 5.06. The molecule has 5 nitrogen and oxygen atoms in total. The molecule has 7 heteroatoms. The number of benzene rings is 1. The topological polar surface area (TPSA) is 104 Å². The summed E-state index contributed by atoms with van der Waals surface area (Å²) in [6.07, 6.45) is 0.00171. The molecule has 1 rings (SSSR count). The molecule has 0 aliphatic carbocycles. The Kier molecular flexibility index (Phi) is 4.16. The van der Waals surface area contributed by atoms with Crippen molar-refractivity contribution in [3.05, 3.63) is 28.8 Å². The Morgan fingerprint density at radius 2 is 2.12 bits per heavy atom. The maximum absolute atomic E-state index is 10.9. The van der Waals surface area contributed by atoms with Crippen molar-refractivity contribution in [3.63, 3.8) is 0 Å². The van der Waals surface area contributed by atoms with Crippen LogP contribution in [0, 0.1) is 0 Å². The van der Waals surface area contributed by atoms with Crippen LogP contribution in [-0.2, 0) is 11.2 Å². The van der Waals surface area contributed by atoms with E-state index in [0.717, 1.165) is 0 Å². The van der Waals surface area contributed by atoms with Gasteiger partial charge >= 0.3 is 13.1 Å². The number of carboxylic acids is 1. The van der Waals surface area contributed by atoms with Gasteiger partial charge in [-0.15, -0.1) is 0 Å². The highest BCUT2D eigenvalue weighted by atomic mass is 35.5. The van der Waals surface area contributed by atoms with Crippen LogP contribution in [0.15, 0.2) is 18.2 Å². The van der Waals surface area contributed by atoms with E-state index in [1.165, 1.54) is 25.1 Å². The van der Waals surface area contributed by atoms with E-state index < -0.39 is 18.6 Å². The third-order valence-corrected chi connectivity index (χ3v) is 2.78. The third kappa shape index (κ3) is 3.44. The smallest absolute Gasteiger partial charge is 0.480 e. The van der Waals surface area contributed by atoms with Gasteiger partial charge in [0, 0.05) is 11.4 Å². The molecule has 0 radical (unpaired) electrons. The lowest BCUT2D eigenvalue weighted by atomic mass is 9.78. The molecule has 0 spiro atoms. The molecule has 0 aliphatic heterocycles. The molecule has 17 heavy (non-hydrogen) atoms. The molecule has 1 aromatic carbocycles. The molecule has 0 aliphatic rings. The van der Waals surface area contributed by atoms with Crippen LogP contribution in [0.1, 0.15) is 12.5 Å². The van der Waals surface area contributed by atoms with Gasteiger partial charge in [-0.2, -0.15) is 0 Å². The first-order chi connectivity index (χ1) is 7.74. The van der Waals surface area contributed by atoms with Crippen LogP contribution in [0.4, 0.5) is 0 Å². The molecule has 0 amide bonds. The van der Waals surface area contributed by atoms with Crippen molar-refractivity contribution in [1.29, 1.82) is 0 Å². The fourth-order valence-corrected chi connectivity index (χ4v) is 1.55. The highest BCUT2D eigenvalue weighted by Crippen LogP contribution is 2.19. The Morgan fingerprint density at radius 1 is 1.53 bits per heavy atom. The summed E-state index contributed by atoms with van der Waals surface area (Å²) in [5, 5.41) is 27.3. The number of carbonyl (C=O) groups is 1. The van der Waals surface area contributed by atoms with E-state index >= 15 is 0 Å². The predicted octanol–water partition coefficient (Wildman–Crippen LogP) is -0.636. The number of halogens is 1. The zero-order valence-corrected chi connectivity index (χ0v) is 9.98. The molecule has 0 heterocycles. The van der Waals surface area contributed by atoms with Crippen molar-refractivity contribution in [2.45, 2.75) is 18.9 Å². The van der Waals surface area contributed by atoms with Crippen molar-refractivity contribution in [3.8, 4) is 0 Å². The van der Waals surface area contributed by atoms with Gasteiger partial charge in [-0.05, 0) is 24.0 Å². The Balaban J connectivity index is 3.05. The van der Waals surface area contributed by atoms with E-state index in [-0.39, 0.29) is 11.9 Å². The van der Waals surface area contributed by atoms with Gasteiger partial charge in [0.25, 0.3) is 0 Å². The normalized spacial score (nSPS) is 14.2. The van der Waals surface area contributed by atoms with Gasteiger partial charge in [0.1, 0.15) is 5.54 Å². The summed E-state index contributed by atoms with van der Waals surface area (Å²) < 4.78 is 0. The third-order valence-electron chi connectivity index (χ3n) is 2.41. The lowest BCUT2D eigenvalue weighted by molar-refractivity contribution is -0.142. The van der Waals surface area contributed by atoms with Gasteiger partial charge < -0.3 is 20.9 Å². The summed E-state index contributed by atoms with van der Waals surface area (Å²) in [4.78, 5) is 10.9. The van der Waals surface area contributed by atoms with Crippen LogP contribution >= 0.6 is 11.6 Å². The maximum atomic E-state index is 10.9. The fourth-order valence-electron chi connectivity index (χ4n) is 1.36. The summed E-state index contributed by atoms with van der Waals surface area (Å²) in [5.74, 6) is -1.15. The predicted molar refractivity (Wildman–Crippen MR) is 65.2 cm³/mol. The summed E-state index contributed by atoms with van der Waals surface area (Å²) in [6.45, 7) is 1.37. The minimum atomic E-state index is -1.63. The first-order valence-corrected chi connectivity index (χ1v) is 5.28. The maximum Gasteiger partial charge on any atom is 0.488 e. The summed E-state index contributed by atoms with van der Waals surface area (Å²) in [7, 11) is -1.63. The molecule has 0 saturated heterocycles. The zero-order chi connectivity index (χ0) is 13.2. The van der Waals surface area contributed by atoms with Crippen LogP contribution in [0.2, 0.25) is 5.02 Å². The summed E-state index contributed by atoms with van der Waals surface area (Å²) >= 11 is 5.90. The van der Waals surface area contributed by atoms with E-state index in [1.807, 2.05) is 0 Å². The zero-order valence-electron chi connectivity index (χ0n) is 9.22. The Bertz CT molecular complexity index is 436. The Labute approximate surface area is 104 Å². The number of hydrogen-bond acceptors (Lipinski definition) is 4. The molecule has 92 valence electrons. The molecule has 0 unspecified atom stereocenters. The van der Waals surface area contributed by atoms with Crippen LogP contribution < -0.4 is 11.2 Å². The molecule has 0 fully saturated rings. The molecule has 0 aromatic heterocycles. The number of nitrogens with two attached hydrogens (primary N) is 1. The largest absolute Gasteiger partial charge is 0.488 e. The quantitative estimate of drug-likeness (QED) is 0.538. The van der Waals surface area contributed by atoms with Gasteiger partial charge in [-0.25, -0.2) is 0 Å². The first kappa shape index (κ1) is 14.0. The van der Waals surface area contributed by atoms with Crippen LogP contribution in [-0.4, -0.2) is 33.8 Å². The molecule has 0 saturated carbocycles. The monoisotopic (exact) mass is 257 g/mol. The number of carboxylic acid groups (broad SMARTS) is 1. The van der Waals surface area contributed by atoms with Crippen LogP contribution in [0.25, 0.3) is 0 Å². The van der Waals surface area contributed by atoms with Crippen molar-refractivity contribution < 1.29 is 19.9 Å². The average molecular weight is 257 g/mol. The molecular formula is C10H13BClNO4. The standard InChI is InChI=1S/C10H13BClNO4/c1-10(13,9(14)15)5-6-4-7(11(16)17)2-3-8(6)12/h2-4,16-17H,5,13H2,1H3,(H,14,15)/t10-/m0/s1. The number of aliphatic carboxylic acids is 1. The van der Waals surface area contributed by atoms with Crippen molar-refractivity contribution in [2.75, 3.05) is 0 Å². The van der Waals surface area contributed by atoms with Gasteiger partial charge in [0.2, 0.25) is 0 Å². The Hall–Kier alpha value is -1.08. The van der Waals surface area contributed by atoms with Crippen LogP contribution in [0.5, 0.6) is 0 Å². The van der Waals surface area contributed by atoms with Gasteiger partial charge in [0.05, 0.1) is 0 Å². The van der Waals surface area contributed by atoms with E-state index in [0.29, 0.717) is 10.6 Å². The second-order valence-electron chi connectivity index (χ2n) is 4.12. The highest BCUT2D eigenvalue weighted by molar-refractivity contribution is 6.58. The molecule has 5 N–H and O–H groups in total. The van der Waals surface area contributed by atoms with E-state index in [2.05, 4.69) is 0 Å². The van der Waals surface area contributed by atoms with Gasteiger partial charge in [-0.1, -0.05) is 23.7 Å². The van der Waals surface area contributed by atoms with Crippen molar-refractivity contribution >= 4 is 30.2 Å². The highest BCUT2D eigenvalue weighted by Gasteiger charge is 2.29. The fraction of sp³-hybridized carbons (Fsp3) is 0.300. The second-order valence-corrected chi connectivity index (χ2v) is 4.53. The molecule has 1 atom stereocenters. The summed E-state index contributed by atoms with van der Waals surface area (Å²) in [6, 6.07) is 4.36. The SMILES string of the molecule is C[C@](N)(Cc1cc(B(O)O)ccc1Cl)C(=O)O. The van der Waals surface area contributed by atoms with Gasteiger partial charge in [0.15, 0.2) is 0 Å². The lowest BCUT2D eigenvalue weighted by Crippen LogP contribution is -2.47. The summed E-state index contributed by atoms with van der Waals surface area (Å²) in [5.41, 5.74) is 4.85. The average Bonchev–Trinajstić information content (AvgIpc) is 2.20. The van der Waals surface area contributed by atoms with Crippen molar-refractivity contribution in [2.24, 2.45) is 5.73 Å². The number of hydrogen-bond donors (Lipinski definition) is 4. The van der Waals surface area contributed by atoms with Crippen LogP contribution in [0.3, 0.4) is 0 Å². The minimum absolute atomic E-state index is 0.00171. The van der Waals surface area contributed by atoms with E-state index in [4.69, 9.17) is 32.5 Å². The molecule has 1 aromatic rings. The molecule has 0 bridgehead atoms. The number of rotatable bonds is 4.